The van der Waals surface area contributed by atoms with Crippen LogP contribution in [0.5, 0.6) is 11.6 Å². The van der Waals surface area contributed by atoms with Gasteiger partial charge in [-0.2, -0.15) is 0 Å². The van der Waals surface area contributed by atoms with Gasteiger partial charge in [0, 0.05) is 12.7 Å². The average Bonchev–Trinajstić information content (AvgIpc) is 2.38. The van der Waals surface area contributed by atoms with Crippen molar-refractivity contribution >= 4 is 23.2 Å². The second-order valence-corrected chi connectivity index (χ2v) is 4.63. The molecule has 0 atom stereocenters. The van der Waals surface area contributed by atoms with Gasteiger partial charge in [0.2, 0.25) is 5.88 Å². The van der Waals surface area contributed by atoms with E-state index < -0.39 is 5.82 Å². The zero-order valence-electron chi connectivity index (χ0n) is 10.1. The number of aromatic nitrogens is 1. The fourth-order valence-electron chi connectivity index (χ4n) is 1.51. The van der Waals surface area contributed by atoms with Crippen molar-refractivity contribution in [2.75, 3.05) is 7.05 Å². The van der Waals surface area contributed by atoms with Crippen molar-refractivity contribution in [3.8, 4) is 11.6 Å². The van der Waals surface area contributed by atoms with E-state index in [0.29, 0.717) is 11.6 Å². The van der Waals surface area contributed by atoms with Crippen LogP contribution in [0, 0.1) is 5.82 Å². The molecule has 0 bridgehead atoms. The standard InChI is InChI=1S/C13H11Cl2FN2O/c1-17-6-8-5-10(15)13(18-7-8)19-11-4-2-3-9(14)12(11)16/h2-5,7,17H,6H2,1H3. The minimum absolute atomic E-state index is 0.0109. The Kier molecular flexibility index (Phi) is 4.58. The topological polar surface area (TPSA) is 34.2 Å². The van der Waals surface area contributed by atoms with Gasteiger partial charge in [0.1, 0.15) is 5.02 Å². The van der Waals surface area contributed by atoms with E-state index >= 15 is 0 Å². The van der Waals surface area contributed by atoms with E-state index in [-0.39, 0.29) is 16.7 Å². The molecular formula is C13H11Cl2FN2O. The first-order valence-electron chi connectivity index (χ1n) is 5.52. The van der Waals surface area contributed by atoms with Crippen LogP contribution in [-0.4, -0.2) is 12.0 Å². The van der Waals surface area contributed by atoms with Gasteiger partial charge in [-0.25, -0.2) is 9.37 Å². The molecule has 19 heavy (non-hydrogen) atoms. The number of rotatable bonds is 4. The molecular weight excluding hydrogens is 290 g/mol. The fourth-order valence-corrected chi connectivity index (χ4v) is 1.90. The highest BCUT2D eigenvalue weighted by Crippen LogP contribution is 2.31. The molecule has 0 fully saturated rings. The quantitative estimate of drug-likeness (QED) is 0.925. The minimum Gasteiger partial charge on any atom is -0.434 e. The Morgan fingerprint density at radius 3 is 2.79 bits per heavy atom. The molecule has 6 heteroatoms. The summed E-state index contributed by atoms with van der Waals surface area (Å²) in [5, 5.41) is 3.28. The molecule has 100 valence electrons. The number of hydrogen-bond donors (Lipinski definition) is 1. The molecule has 1 heterocycles. The lowest BCUT2D eigenvalue weighted by Gasteiger charge is -2.09. The third-order valence-electron chi connectivity index (χ3n) is 2.37. The van der Waals surface area contributed by atoms with E-state index in [1.807, 2.05) is 7.05 Å². The van der Waals surface area contributed by atoms with E-state index in [2.05, 4.69) is 10.3 Å². The lowest BCUT2D eigenvalue weighted by atomic mass is 10.3. The zero-order chi connectivity index (χ0) is 13.8. The van der Waals surface area contributed by atoms with Gasteiger partial charge in [-0.1, -0.05) is 29.3 Å². The molecule has 1 aromatic heterocycles. The van der Waals surface area contributed by atoms with Crippen LogP contribution in [0.15, 0.2) is 30.5 Å². The summed E-state index contributed by atoms with van der Waals surface area (Å²) in [5.41, 5.74) is 0.909. The van der Waals surface area contributed by atoms with Gasteiger partial charge >= 0.3 is 0 Å². The number of hydrogen-bond acceptors (Lipinski definition) is 3. The molecule has 0 saturated carbocycles. The highest BCUT2D eigenvalue weighted by molar-refractivity contribution is 6.32. The van der Waals surface area contributed by atoms with Gasteiger partial charge in [-0.05, 0) is 30.8 Å². The van der Waals surface area contributed by atoms with Gasteiger partial charge in [0.15, 0.2) is 11.6 Å². The number of ether oxygens (including phenoxy) is 1. The normalized spacial score (nSPS) is 10.5. The summed E-state index contributed by atoms with van der Waals surface area (Å²) in [7, 11) is 1.82. The Labute approximate surface area is 120 Å². The van der Waals surface area contributed by atoms with E-state index in [0.717, 1.165) is 5.56 Å². The lowest BCUT2D eigenvalue weighted by molar-refractivity contribution is 0.427. The molecule has 0 aliphatic heterocycles. The Balaban J connectivity index is 2.26. The first-order valence-corrected chi connectivity index (χ1v) is 6.28. The zero-order valence-corrected chi connectivity index (χ0v) is 11.6. The van der Waals surface area contributed by atoms with Gasteiger partial charge in [0.05, 0.1) is 5.02 Å². The van der Waals surface area contributed by atoms with Crippen LogP contribution in [0.4, 0.5) is 4.39 Å². The molecule has 0 unspecified atom stereocenters. The first-order chi connectivity index (χ1) is 9.11. The number of halogens is 3. The minimum atomic E-state index is -0.638. The summed E-state index contributed by atoms with van der Waals surface area (Å²) in [6, 6.07) is 6.20. The third kappa shape index (κ3) is 3.35. The Bertz CT molecular complexity index is 593. The maximum Gasteiger partial charge on any atom is 0.238 e. The van der Waals surface area contributed by atoms with Crippen molar-refractivity contribution in [1.82, 2.24) is 10.3 Å². The van der Waals surface area contributed by atoms with Gasteiger partial charge in [-0.15, -0.1) is 0 Å². The molecule has 0 saturated heterocycles. The van der Waals surface area contributed by atoms with Gasteiger partial charge < -0.3 is 10.1 Å². The van der Waals surface area contributed by atoms with E-state index in [1.54, 1.807) is 18.3 Å². The SMILES string of the molecule is CNCc1cnc(Oc2cccc(Cl)c2F)c(Cl)c1. The largest absolute Gasteiger partial charge is 0.434 e. The second kappa shape index (κ2) is 6.19. The molecule has 1 N–H and O–H groups in total. The maximum absolute atomic E-state index is 13.7. The Morgan fingerprint density at radius 1 is 1.32 bits per heavy atom. The summed E-state index contributed by atoms with van der Waals surface area (Å²) in [5.74, 6) is -0.507. The molecule has 3 nitrogen and oxygen atoms in total. The summed E-state index contributed by atoms with van der Waals surface area (Å²) in [4.78, 5) is 4.06. The van der Waals surface area contributed by atoms with Crippen molar-refractivity contribution in [1.29, 1.82) is 0 Å². The van der Waals surface area contributed by atoms with Crippen LogP contribution in [0.25, 0.3) is 0 Å². The van der Waals surface area contributed by atoms with Crippen molar-refractivity contribution in [2.24, 2.45) is 0 Å². The van der Waals surface area contributed by atoms with Crippen molar-refractivity contribution < 1.29 is 9.13 Å². The summed E-state index contributed by atoms with van der Waals surface area (Å²) < 4.78 is 19.0. The summed E-state index contributed by atoms with van der Waals surface area (Å²) in [6.07, 6.45) is 1.61. The number of pyridine rings is 1. The Morgan fingerprint density at radius 2 is 2.11 bits per heavy atom. The monoisotopic (exact) mass is 300 g/mol. The number of nitrogens with zero attached hydrogens (tertiary/aromatic N) is 1. The number of nitrogens with one attached hydrogen (secondary N) is 1. The Hall–Kier alpha value is -1.36. The second-order valence-electron chi connectivity index (χ2n) is 3.81. The van der Waals surface area contributed by atoms with Crippen LogP contribution in [0.3, 0.4) is 0 Å². The molecule has 2 aromatic rings. The van der Waals surface area contributed by atoms with Gasteiger partial charge in [-0.3, -0.25) is 0 Å². The first kappa shape index (κ1) is 14.1. The highest BCUT2D eigenvalue weighted by atomic mass is 35.5. The van der Waals surface area contributed by atoms with E-state index in [4.69, 9.17) is 27.9 Å². The van der Waals surface area contributed by atoms with Crippen LogP contribution < -0.4 is 10.1 Å². The molecule has 0 amide bonds. The van der Waals surface area contributed by atoms with Crippen LogP contribution >= 0.6 is 23.2 Å². The predicted molar refractivity (Wildman–Crippen MR) is 73.5 cm³/mol. The number of benzene rings is 1. The summed E-state index contributed by atoms with van der Waals surface area (Å²) in [6.45, 7) is 0.637. The maximum atomic E-state index is 13.7. The summed E-state index contributed by atoms with van der Waals surface area (Å²) >= 11 is 11.7. The van der Waals surface area contributed by atoms with Crippen molar-refractivity contribution in [3.05, 3.63) is 51.9 Å². The highest BCUT2D eigenvalue weighted by Gasteiger charge is 2.11. The lowest BCUT2D eigenvalue weighted by Crippen LogP contribution is -2.05. The van der Waals surface area contributed by atoms with Gasteiger partial charge in [0.25, 0.3) is 0 Å². The molecule has 0 radical (unpaired) electrons. The smallest absolute Gasteiger partial charge is 0.238 e. The molecule has 1 aromatic carbocycles. The van der Waals surface area contributed by atoms with E-state index in [9.17, 15) is 4.39 Å². The van der Waals surface area contributed by atoms with Crippen LogP contribution in [0.1, 0.15) is 5.56 Å². The van der Waals surface area contributed by atoms with Crippen LogP contribution in [-0.2, 0) is 6.54 Å². The molecule has 0 aliphatic rings. The van der Waals surface area contributed by atoms with Crippen LogP contribution in [0.2, 0.25) is 10.0 Å². The van der Waals surface area contributed by atoms with Crippen molar-refractivity contribution in [3.63, 3.8) is 0 Å². The molecule has 0 spiro atoms. The van der Waals surface area contributed by atoms with E-state index in [1.165, 1.54) is 12.1 Å². The molecule has 2 rings (SSSR count). The third-order valence-corrected chi connectivity index (χ3v) is 2.93. The fraction of sp³-hybridized carbons (Fsp3) is 0.154. The predicted octanol–water partition coefficient (Wildman–Crippen LogP) is 4.04. The van der Waals surface area contributed by atoms with Crippen molar-refractivity contribution in [2.45, 2.75) is 6.54 Å². The average molecular weight is 301 g/mol. The molecule has 0 aliphatic carbocycles.